The Hall–Kier alpha value is -0.600. The van der Waals surface area contributed by atoms with Gasteiger partial charge in [-0.3, -0.25) is 0 Å². The van der Waals surface area contributed by atoms with Crippen LogP contribution in [0.2, 0.25) is 0 Å². The molecule has 0 fully saturated rings. The SMILES string of the molecule is CCCc1ccc(C(Br)c2cccc(Br)c2C)cc1. The molecular formula is C17H18Br2. The van der Waals surface area contributed by atoms with Crippen LogP contribution < -0.4 is 0 Å². The predicted octanol–water partition coefficient (Wildman–Crippen LogP) is 6.19. The summed E-state index contributed by atoms with van der Waals surface area (Å²) in [5, 5.41) is 0. The third-order valence-electron chi connectivity index (χ3n) is 3.39. The maximum absolute atomic E-state index is 3.82. The summed E-state index contributed by atoms with van der Waals surface area (Å²) in [6, 6.07) is 15.3. The Morgan fingerprint density at radius 1 is 1.05 bits per heavy atom. The monoisotopic (exact) mass is 380 g/mol. The predicted molar refractivity (Wildman–Crippen MR) is 90.1 cm³/mol. The van der Waals surface area contributed by atoms with Crippen molar-refractivity contribution in [3.63, 3.8) is 0 Å². The third kappa shape index (κ3) is 3.49. The van der Waals surface area contributed by atoms with Gasteiger partial charge >= 0.3 is 0 Å². The maximum atomic E-state index is 3.82. The molecular weight excluding hydrogens is 364 g/mol. The molecule has 2 rings (SSSR count). The molecule has 1 atom stereocenters. The van der Waals surface area contributed by atoms with E-state index in [-0.39, 0.29) is 4.83 Å². The van der Waals surface area contributed by atoms with Gasteiger partial charge in [0, 0.05) is 4.47 Å². The topological polar surface area (TPSA) is 0 Å². The molecule has 2 aromatic rings. The first kappa shape index (κ1) is 14.8. The number of hydrogen-bond donors (Lipinski definition) is 0. The zero-order valence-corrected chi connectivity index (χ0v) is 14.5. The van der Waals surface area contributed by atoms with E-state index in [1.807, 2.05) is 0 Å². The smallest absolute Gasteiger partial charge is 0.0647 e. The molecule has 0 aliphatic carbocycles. The van der Waals surface area contributed by atoms with Crippen molar-refractivity contribution < 1.29 is 0 Å². The van der Waals surface area contributed by atoms with Crippen LogP contribution >= 0.6 is 31.9 Å². The third-order valence-corrected chi connectivity index (χ3v) is 5.27. The van der Waals surface area contributed by atoms with E-state index in [0.717, 1.165) is 10.9 Å². The van der Waals surface area contributed by atoms with Gasteiger partial charge in [0.15, 0.2) is 0 Å². The molecule has 0 saturated heterocycles. The van der Waals surface area contributed by atoms with Gasteiger partial charge in [0.1, 0.15) is 0 Å². The molecule has 100 valence electrons. The fourth-order valence-electron chi connectivity index (χ4n) is 2.22. The van der Waals surface area contributed by atoms with E-state index in [1.165, 1.54) is 28.7 Å². The molecule has 0 aliphatic rings. The Bertz CT molecular complexity index is 544. The van der Waals surface area contributed by atoms with E-state index >= 15 is 0 Å². The van der Waals surface area contributed by atoms with Crippen LogP contribution in [0.15, 0.2) is 46.9 Å². The largest absolute Gasteiger partial charge is 0.0786 e. The molecule has 1 unspecified atom stereocenters. The Morgan fingerprint density at radius 2 is 1.74 bits per heavy atom. The van der Waals surface area contributed by atoms with Crippen molar-refractivity contribution in [3.8, 4) is 0 Å². The molecule has 0 amide bonds. The zero-order valence-electron chi connectivity index (χ0n) is 11.3. The quantitative estimate of drug-likeness (QED) is 0.553. The van der Waals surface area contributed by atoms with Gasteiger partial charge < -0.3 is 0 Å². The molecule has 19 heavy (non-hydrogen) atoms. The van der Waals surface area contributed by atoms with Crippen LogP contribution in [0, 0.1) is 6.92 Å². The molecule has 0 radical (unpaired) electrons. The number of halogens is 2. The molecule has 0 heterocycles. The molecule has 0 N–H and O–H groups in total. The van der Waals surface area contributed by atoms with Gasteiger partial charge in [0.05, 0.1) is 4.83 Å². The summed E-state index contributed by atoms with van der Waals surface area (Å²) < 4.78 is 1.16. The van der Waals surface area contributed by atoms with E-state index in [9.17, 15) is 0 Å². The van der Waals surface area contributed by atoms with Gasteiger partial charge in [0.2, 0.25) is 0 Å². The summed E-state index contributed by atoms with van der Waals surface area (Å²) in [5.41, 5.74) is 5.33. The van der Waals surface area contributed by atoms with Gasteiger partial charge in [-0.05, 0) is 41.7 Å². The normalized spacial score (nSPS) is 12.4. The second-order valence-corrected chi connectivity index (χ2v) is 6.58. The second kappa shape index (κ2) is 6.71. The lowest BCUT2D eigenvalue weighted by atomic mass is 9.99. The first-order valence-corrected chi connectivity index (χ1v) is 8.32. The van der Waals surface area contributed by atoms with Crippen molar-refractivity contribution in [2.24, 2.45) is 0 Å². The van der Waals surface area contributed by atoms with Crippen molar-refractivity contribution in [2.45, 2.75) is 31.5 Å². The summed E-state index contributed by atoms with van der Waals surface area (Å²) in [4.78, 5) is 0.251. The van der Waals surface area contributed by atoms with Crippen LogP contribution in [-0.2, 0) is 6.42 Å². The minimum atomic E-state index is 0.251. The lowest BCUT2D eigenvalue weighted by Gasteiger charge is -2.15. The fourth-order valence-corrected chi connectivity index (χ4v) is 3.40. The average Bonchev–Trinajstić information content (AvgIpc) is 2.42. The summed E-state index contributed by atoms with van der Waals surface area (Å²) in [6.07, 6.45) is 2.35. The highest BCUT2D eigenvalue weighted by atomic mass is 79.9. The standard InChI is InChI=1S/C17H18Br2/c1-3-5-13-8-10-14(11-9-13)17(19)15-6-4-7-16(18)12(15)2/h4,6-11,17H,3,5H2,1-2H3. The minimum Gasteiger partial charge on any atom is -0.0786 e. The number of benzene rings is 2. The summed E-state index contributed by atoms with van der Waals surface area (Å²) in [6.45, 7) is 4.37. The zero-order chi connectivity index (χ0) is 13.8. The minimum absolute atomic E-state index is 0.251. The van der Waals surface area contributed by atoms with Crippen LogP contribution in [0.1, 0.15) is 40.4 Å². The van der Waals surface area contributed by atoms with E-state index in [1.54, 1.807) is 0 Å². The van der Waals surface area contributed by atoms with Crippen LogP contribution in [-0.4, -0.2) is 0 Å². The molecule has 0 saturated carbocycles. The van der Waals surface area contributed by atoms with Gasteiger partial charge in [-0.15, -0.1) is 0 Å². The van der Waals surface area contributed by atoms with E-state index in [2.05, 4.69) is 88.2 Å². The van der Waals surface area contributed by atoms with Gasteiger partial charge in [0.25, 0.3) is 0 Å². The molecule has 0 nitrogen and oxygen atoms in total. The second-order valence-electron chi connectivity index (χ2n) is 4.81. The molecule has 2 heteroatoms. The average molecular weight is 382 g/mol. The fraction of sp³-hybridized carbons (Fsp3) is 0.294. The molecule has 0 bridgehead atoms. The highest BCUT2D eigenvalue weighted by molar-refractivity contribution is 9.10. The summed E-state index contributed by atoms with van der Waals surface area (Å²) in [7, 11) is 0. The number of alkyl halides is 1. The van der Waals surface area contributed by atoms with Crippen LogP contribution in [0.5, 0.6) is 0 Å². The number of aryl methyl sites for hydroxylation is 1. The highest BCUT2D eigenvalue weighted by Gasteiger charge is 2.13. The molecule has 0 spiro atoms. The van der Waals surface area contributed by atoms with Crippen molar-refractivity contribution >= 4 is 31.9 Å². The van der Waals surface area contributed by atoms with Gasteiger partial charge in [-0.1, -0.05) is 81.6 Å². The number of rotatable bonds is 4. The number of hydrogen-bond acceptors (Lipinski definition) is 0. The van der Waals surface area contributed by atoms with Crippen molar-refractivity contribution in [1.82, 2.24) is 0 Å². The summed E-state index contributed by atoms with van der Waals surface area (Å²) >= 11 is 7.42. The first-order chi connectivity index (χ1) is 9.13. The van der Waals surface area contributed by atoms with Crippen molar-refractivity contribution in [2.75, 3.05) is 0 Å². The Labute approximate surface area is 132 Å². The lowest BCUT2D eigenvalue weighted by Crippen LogP contribution is -1.97. The molecule has 0 aliphatic heterocycles. The van der Waals surface area contributed by atoms with E-state index < -0.39 is 0 Å². The van der Waals surface area contributed by atoms with Crippen LogP contribution in [0.4, 0.5) is 0 Å². The molecule has 2 aromatic carbocycles. The lowest BCUT2D eigenvalue weighted by molar-refractivity contribution is 0.920. The first-order valence-electron chi connectivity index (χ1n) is 6.61. The van der Waals surface area contributed by atoms with Gasteiger partial charge in [-0.2, -0.15) is 0 Å². The van der Waals surface area contributed by atoms with E-state index in [0.29, 0.717) is 0 Å². The van der Waals surface area contributed by atoms with Crippen LogP contribution in [0.25, 0.3) is 0 Å². The van der Waals surface area contributed by atoms with E-state index in [4.69, 9.17) is 0 Å². The van der Waals surface area contributed by atoms with Crippen LogP contribution in [0.3, 0.4) is 0 Å². The Balaban J connectivity index is 2.28. The maximum Gasteiger partial charge on any atom is 0.0647 e. The van der Waals surface area contributed by atoms with Crippen molar-refractivity contribution in [1.29, 1.82) is 0 Å². The van der Waals surface area contributed by atoms with Crippen molar-refractivity contribution in [3.05, 3.63) is 69.2 Å². The Kier molecular flexibility index (Phi) is 5.23. The summed E-state index contributed by atoms with van der Waals surface area (Å²) in [5.74, 6) is 0. The highest BCUT2D eigenvalue weighted by Crippen LogP contribution is 2.35. The van der Waals surface area contributed by atoms with Gasteiger partial charge in [-0.25, -0.2) is 0 Å². The molecule has 0 aromatic heterocycles. The Morgan fingerprint density at radius 3 is 2.37 bits per heavy atom.